The Kier molecular flexibility index (Phi) is 5.19. The van der Waals surface area contributed by atoms with Crippen LogP contribution < -0.4 is 0 Å². The maximum absolute atomic E-state index is 13.5. The lowest BCUT2D eigenvalue weighted by Gasteiger charge is -2.35. The SMILES string of the molecule is Cc1ccc(C(=O)N2CCN(C(=O)c3cc(-c4ccco4)nc4ccccc34)CC2)cc1. The first-order chi connectivity index (χ1) is 15.6. The second-order valence-corrected chi connectivity index (χ2v) is 8.00. The number of amides is 2. The lowest BCUT2D eigenvalue weighted by Crippen LogP contribution is -2.50. The molecule has 2 amide bonds. The molecule has 0 aliphatic carbocycles. The van der Waals surface area contributed by atoms with Gasteiger partial charge >= 0.3 is 0 Å². The van der Waals surface area contributed by atoms with Gasteiger partial charge in [-0.15, -0.1) is 0 Å². The quantitative estimate of drug-likeness (QED) is 0.488. The van der Waals surface area contributed by atoms with E-state index in [1.807, 2.05) is 71.3 Å². The molecule has 0 saturated carbocycles. The third-order valence-electron chi connectivity index (χ3n) is 5.87. The molecule has 1 saturated heterocycles. The van der Waals surface area contributed by atoms with Crippen molar-refractivity contribution in [3.63, 3.8) is 0 Å². The van der Waals surface area contributed by atoms with Gasteiger partial charge in [0.25, 0.3) is 11.8 Å². The molecular weight excluding hydrogens is 402 g/mol. The molecule has 0 N–H and O–H groups in total. The van der Waals surface area contributed by atoms with Crippen molar-refractivity contribution in [2.75, 3.05) is 26.2 Å². The molecule has 0 bridgehead atoms. The average molecular weight is 425 g/mol. The van der Waals surface area contributed by atoms with E-state index in [4.69, 9.17) is 4.42 Å². The molecule has 0 atom stereocenters. The van der Waals surface area contributed by atoms with Gasteiger partial charge in [-0.25, -0.2) is 4.98 Å². The van der Waals surface area contributed by atoms with Crippen molar-refractivity contribution in [3.8, 4) is 11.5 Å². The molecule has 32 heavy (non-hydrogen) atoms. The predicted molar refractivity (Wildman–Crippen MR) is 122 cm³/mol. The Morgan fingerprint density at radius 3 is 2.22 bits per heavy atom. The Balaban J connectivity index is 1.37. The molecule has 1 aliphatic heterocycles. The van der Waals surface area contributed by atoms with Crippen LogP contribution in [-0.4, -0.2) is 52.8 Å². The third kappa shape index (κ3) is 3.75. The normalized spacial score (nSPS) is 14.0. The Hall–Kier alpha value is -3.93. The van der Waals surface area contributed by atoms with Crippen LogP contribution in [0.1, 0.15) is 26.3 Å². The van der Waals surface area contributed by atoms with Crippen molar-refractivity contribution >= 4 is 22.7 Å². The highest BCUT2D eigenvalue weighted by Gasteiger charge is 2.27. The van der Waals surface area contributed by atoms with Crippen molar-refractivity contribution in [2.24, 2.45) is 0 Å². The zero-order valence-corrected chi connectivity index (χ0v) is 17.8. The number of aromatic nitrogens is 1. The number of benzene rings is 2. The van der Waals surface area contributed by atoms with Crippen LogP contribution in [0, 0.1) is 6.92 Å². The molecule has 2 aromatic carbocycles. The van der Waals surface area contributed by atoms with Crippen LogP contribution in [0.25, 0.3) is 22.4 Å². The molecule has 0 unspecified atom stereocenters. The summed E-state index contributed by atoms with van der Waals surface area (Å²) in [6.45, 7) is 3.99. The van der Waals surface area contributed by atoms with Gasteiger partial charge in [0.2, 0.25) is 0 Å². The highest BCUT2D eigenvalue weighted by atomic mass is 16.3. The molecule has 6 heteroatoms. The Morgan fingerprint density at radius 1 is 0.844 bits per heavy atom. The van der Waals surface area contributed by atoms with Gasteiger partial charge in [-0.3, -0.25) is 9.59 Å². The fourth-order valence-electron chi connectivity index (χ4n) is 4.06. The van der Waals surface area contributed by atoms with Gasteiger partial charge in [0.05, 0.1) is 17.3 Å². The maximum atomic E-state index is 13.5. The van der Waals surface area contributed by atoms with Crippen molar-refractivity contribution < 1.29 is 14.0 Å². The van der Waals surface area contributed by atoms with E-state index in [1.165, 1.54) is 0 Å². The highest BCUT2D eigenvalue weighted by Crippen LogP contribution is 2.26. The molecule has 160 valence electrons. The van der Waals surface area contributed by atoms with Crippen LogP contribution >= 0.6 is 0 Å². The molecule has 2 aromatic heterocycles. The molecule has 1 aliphatic rings. The van der Waals surface area contributed by atoms with Gasteiger partial charge in [-0.2, -0.15) is 0 Å². The van der Waals surface area contributed by atoms with Crippen molar-refractivity contribution in [1.82, 2.24) is 14.8 Å². The Labute approximate surface area is 186 Å². The molecule has 4 aromatic rings. The van der Waals surface area contributed by atoms with Crippen LogP contribution in [0.2, 0.25) is 0 Å². The molecule has 3 heterocycles. The fourth-order valence-corrected chi connectivity index (χ4v) is 4.06. The summed E-state index contributed by atoms with van der Waals surface area (Å²) in [6.07, 6.45) is 1.60. The number of carbonyl (C=O) groups is 2. The van der Waals surface area contributed by atoms with Gasteiger partial charge in [-0.05, 0) is 43.3 Å². The summed E-state index contributed by atoms with van der Waals surface area (Å²) >= 11 is 0. The molecular formula is C26H23N3O3. The number of hydrogen-bond donors (Lipinski definition) is 0. The van der Waals surface area contributed by atoms with E-state index >= 15 is 0 Å². The maximum Gasteiger partial charge on any atom is 0.254 e. The minimum atomic E-state index is -0.0566. The summed E-state index contributed by atoms with van der Waals surface area (Å²) in [7, 11) is 0. The van der Waals surface area contributed by atoms with Gasteiger partial charge in [-0.1, -0.05) is 35.9 Å². The van der Waals surface area contributed by atoms with E-state index in [2.05, 4.69) is 4.98 Å². The summed E-state index contributed by atoms with van der Waals surface area (Å²) in [5.74, 6) is 0.573. The largest absolute Gasteiger partial charge is 0.463 e. The number of pyridine rings is 1. The second-order valence-electron chi connectivity index (χ2n) is 8.00. The van der Waals surface area contributed by atoms with E-state index in [9.17, 15) is 9.59 Å². The molecule has 6 nitrogen and oxygen atoms in total. The molecule has 0 radical (unpaired) electrons. The third-order valence-corrected chi connectivity index (χ3v) is 5.87. The second kappa shape index (κ2) is 8.30. The lowest BCUT2D eigenvalue weighted by molar-refractivity contribution is 0.0536. The van der Waals surface area contributed by atoms with Crippen molar-refractivity contribution in [3.05, 3.63) is 89.7 Å². The summed E-state index contributed by atoms with van der Waals surface area (Å²) < 4.78 is 5.51. The average Bonchev–Trinajstić information content (AvgIpc) is 3.38. The Bertz CT molecular complexity index is 1270. The first-order valence-electron chi connectivity index (χ1n) is 10.7. The predicted octanol–water partition coefficient (Wildman–Crippen LogP) is 4.40. The first-order valence-corrected chi connectivity index (χ1v) is 10.7. The van der Waals surface area contributed by atoms with Crippen LogP contribution in [0.4, 0.5) is 0 Å². The van der Waals surface area contributed by atoms with Gasteiger partial charge in [0, 0.05) is 37.1 Å². The summed E-state index contributed by atoms with van der Waals surface area (Å²) in [5.41, 5.74) is 3.78. The van der Waals surface area contributed by atoms with Crippen molar-refractivity contribution in [2.45, 2.75) is 6.92 Å². The van der Waals surface area contributed by atoms with E-state index in [-0.39, 0.29) is 11.8 Å². The number of fused-ring (bicyclic) bond motifs is 1. The number of nitrogens with zero attached hydrogens (tertiary/aromatic N) is 3. The van der Waals surface area contributed by atoms with Crippen molar-refractivity contribution in [1.29, 1.82) is 0 Å². The van der Waals surface area contributed by atoms with Gasteiger partial charge < -0.3 is 14.2 Å². The summed E-state index contributed by atoms with van der Waals surface area (Å²) in [5, 5.41) is 0.811. The number of para-hydroxylation sites is 1. The fraction of sp³-hybridized carbons (Fsp3) is 0.192. The smallest absolute Gasteiger partial charge is 0.254 e. The van der Waals surface area contributed by atoms with E-state index in [1.54, 1.807) is 18.4 Å². The number of rotatable bonds is 3. The lowest BCUT2D eigenvalue weighted by atomic mass is 10.0. The number of furan rings is 1. The first kappa shape index (κ1) is 20.0. The number of piperazine rings is 1. The minimum Gasteiger partial charge on any atom is -0.463 e. The molecule has 1 fully saturated rings. The minimum absolute atomic E-state index is 0.00608. The van der Waals surface area contributed by atoms with Crippen LogP contribution in [0.15, 0.2) is 77.4 Å². The molecule has 0 spiro atoms. The topological polar surface area (TPSA) is 66.7 Å². The summed E-state index contributed by atoms with van der Waals surface area (Å²) in [6, 6.07) is 20.7. The molecule has 5 rings (SSSR count). The number of carbonyl (C=O) groups excluding carboxylic acids is 2. The van der Waals surface area contributed by atoms with Gasteiger partial charge in [0.1, 0.15) is 5.69 Å². The van der Waals surface area contributed by atoms with Crippen LogP contribution in [0.5, 0.6) is 0 Å². The Morgan fingerprint density at radius 2 is 1.53 bits per heavy atom. The number of aryl methyl sites for hydroxylation is 1. The zero-order valence-electron chi connectivity index (χ0n) is 17.8. The monoisotopic (exact) mass is 425 g/mol. The summed E-state index contributed by atoms with van der Waals surface area (Å²) in [4.78, 5) is 34.6. The highest BCUT2D eigenvalue weighted by molar-refractivity contribution is 6.07. The van der Waals surface area contributed by atoms with E-state index in [0.717, 1.165) is 16.5 Å². The number of hydrogen-bond acceptors (Lipinski definition) is 4. The zero-order chi connectivity index (χ0) is 22.1. The van der Waals surface area contributed by atoms with Gasteiger partial charge in [0.15, 0.2) is 5.76 Å². The van der Waals surface area contributed by atoms with Crippen LogP contribution in [-0.2, 0) is 0 Å². The van der Waals surface area contributed by atoms with E-state index < -0.39 is 0 Å². The standard InChI is InChI=1S/C26H23N3O3/c1-18-8-10-19(11-9-18)25(30)28-12-14-29(15-13-28)26(31)21-17-23(24-7-4-16-32-24)27-22-6-3-2-5-20(21)22/h2-11,16-17H,12-15H2,1H3. The van der Waals surface area contributed by atoms with Crippen LogP contribution in [0.3, 0.4) is 0 Å². The van der Waals surface area contributed by atoms with E-state index in [0.29, 0.717) is 48.8 Å².